The van der Waals surface area contributed by atoms with Crippen molar-refractivity contribution in [2.75, 3.05) is 5.32 Å². The molecule has 0 aliphatic heterocycles. The number of H-pyrrole nitrogens is 1. The van der Waals surface area contributed by atoms with Gasteiger partial charge in [-0.3, -0.25) is 4.79 Å². The van der Waals surface area contributed by atoms with E-state index in [2.05, 4.69) is 31.3 Å². The second kappa shape index (κ2) is 6.52. The molecule has 124 valence electrons. The fourth-order valence-corrected chi connectivity index (χ4v) is 2.95. The van der Waals surface area contributed by atoms with Crippen LogP contribution < -0.4 is 10.9 Å². The summed E-state index contributed by atoms with van der Waals surface area (Å²) in [6.07, 6.45) is 1.71. The lowest BCUT2D eigenvalue weighted by atomic mass is 10.1. The lowest BCUT2D eigenvalue weighted by Crippen LogP contribution is -2.12. The smallest absolute Gasteiger partial charge is 0.248 e. The van der Waals surface area contributed by atoms with Gasteiger partial charge in [-0.25, -0.2) is 4.98 Å². The third kappa shape index (κ3) is 3.18. The molecule has 0 saturated heterocycles. The zero-order chi connectivity index (χ0) is 17.2. The molecule has 7 heteroatoms. The number of hydrogen-bond acceptors (Lipinski definition) is 4. The zero-order valence-electron chi connectivity index (χ0n) is 13.1. The van der Waals surface area contributed by atoms with Gasteiger partial charge in [-0.15, -0.1) is 0 Å². The summed E-state index contributed by atoms with van der Waals surface area (Å²) in [4.78, 5) is 18.9. The topological polar surface area (TPSA) is 75.1 Å². The van der Waals surface area contributed by atoms with E-state index in [-0.39, 0.29) is 5.56 Å². The maximum absolute atomic E-state index is 11.4. The number of benzene rings is 1. The van der Waals surface area contributed by atoms with Gasteiger partial charge in [0.1, 0.15) is 5.82 Å². The number of aromatic nitrogens is 4. The number of pyridine rings is 1. The van der Waals surface area contributed by atoms with E-state index < -0.39 is 0 Å². The summed E-state index contributed by atoms with van der Waals surface area (Å²) in [5.41, 5.74) is 3.27. The molecule has 0 bridgehead atoms. The first-order chi connectivity index (χ1) is 12.2. The standard InChI is InChI=1S/C18H14BrN5O/c19-14-11-21-24-16(20-10-13-7-4-8-17(25)22-13)9-15(23-18(14)24)12-5-2-1-3-6-12/h1-9,11,20H,10H2,(H,22,25). The summed E-state index contributed by atoms with van der Waals surface area (Å²) in [5.74, 6) is 0.791. The molecule has 4 aromatic rings. The van der Waals surface area contributed by atoms with E-state index >= 15 is 0 Å². The summed E-state index contributed by atoms with van der Waals surface area (Å²) in [6.45, 7) is 0.473. The number of anilines is 1. The highest BCUT2D eigenvalue weighted by atomic mass is 79.9. The predicted molar refractivity (Wildman–Crippen MR) is 101 cm³/mol. The Balaban J connectivity index is 1.75. The van der Waals surface area contributed by atoms with E-state index in [4.69, 9.17) is 4.98 Å². The van der Waals surface area contributed by atoms with Crippen LogP contribution in [-0.4, -0.2) is 19.6 Å². The number of fused-ring (bicyclic) bond motifs is 1. The molecule has 0 unspecified atom stereocenters. The van der Waals surface area contributed by atoms with Crippen LogP contribution in [0.3, 0.4) is 0 Å². The Bertz CT molecular complexity index is 1090. The fraction of sp³-hybridized carbons (Fsp3) is 0.0556. The predicted octanol–water partition coefficient (Wildman–Crippen LogP) is 3.46. The minimum atomic E-state index is -0.119. The van der Waals surface area contributed by atoms with Crippen molar-refractivity contribution in [2.45, 2.75) is 6.54 Å². The van der Waals surface area contributed by atoms with Gasteiger partial charge in [0.2, 0.25) is 5.56 Å². The van der Waals surface area contributed by atoms with Crippen molar-refractivity contribution in [1.82, 2.24) is 19.6 Å². The van der Waals surface area contributed by atoms with Gasteiger partial charge >= 0.3 is 0 Å². The SMILES string of the molecule is O=c1cccc(CNc2cc(-c3ccccc3)nc3c(Br)cnn23)[nH]1. The molecule has 3 aromatic heterocycles. The maximum atomic E-state index is 11.4. The fourth-order valence-electron chi connectivity index (χ4n) is 2.60. The van der Waals surface area contributed by atoms with E-state index in [1.807, 2.05) is 42.5 Å². The zero-order valence-corrected chi connectivity index (χ0v) is 14.7. The molecule has 0 atom stereocenters. The van der Waals surface area contributed by atoms with Gasteiger partial charge < -0.3 is 10.3 Å². The van der Waals surface area contributed by atoms with Crippen LogP contribution in [0.4, 0.5) is 5.82 Å². The quantitative estimate of drug-likeness (QED) is 0.554. The molecule has 6 nitrogen and oxygen atoms in total. The minimum absolute atomic E-state index is 0.119. The van der Waals surface area contributed by atoms with Crippen molar-refractivity contribution in [3.63, 3.8) is 0 Å². The van der Waals surface area contributed by atoms with Crippen LogP contribution in [0.5, 0.6) is 0 Å². The average Bonchev–Trinajstić information content (AvgIpc) is 3.02. The highest BCUT2D eigenvalue weighted by Crippen LogP contribution is 2.25. The number of nitrogens with one attached hydrogen (secondary N) is 2. The molecule has 3 heterocycles. The van der Waals surface area contributed by atoms with Gasteiger partial charge in [0.05, 0.1) is 22.9 Å². The summed E-state index contributed by atoms with van der Waals surface area (Å²) >= 11 is 3.49. The highest BCUT2D eigenvalue weighted by molar-refractivity contribution is 9.10. The van der Waals surface area contributed by atoms with Crippen molar-refractivity contribution in [1.29, 1.82) is 0 Å². The van der Waals surface area contributed by atoms with Crippen molar-refractivity contribution in [3.8, 4) is 11.3 Å². The first-order valence-corrected chi connectivity index (χ1v) is 8.52. The second-order valence-electron chi connectivity index (χ2n) is 5.51. The monoisotopic (exact) mass is 395 g/mol. The van der Waals surface area contributed by atoms with E-state index in [9.17, 15) is 4.79 Å². The second-order valence-corrected chi connectivity index (χ2v) is 6.37. The van der Waals surface area contributed by atoms with E-state index in [1.165, 1.54) is 6.07 Å². The Morgan fingerprint density at radius 2 is 1.96 bits per heavy atom. The molecular weight excluding hydrogens is 382 g/mol. The van der Waals surface area contributed by atoms with Crippen molar-refractivity contribution in [2.24, 2.45) is 0 Å². The molecule has 0 saturated carbocycles. The summed E-state index contributed by atoms with van der Waals surface area (Å²) < 4.78 is 2.55. The van der Waals surface area contributed by atoms with Crippen LogP contribution in [0.15, 0.2) is 70.1 Å². The van der Waals surface area contributed by atoms with Gasteiger partial charge in [0.25, 0.3) is 0 Å². The number of rotatable bonds is 4. The first-order valence-electron chi connectivity index (χ1n) is 7.72. The summed E-state index contributed by atoms with van der Waals surface area (Å²) in [6, 6.07) is 17.0. The Morgan fingerprint density at radius 1 is 1.12 bits per heavy atom. The summed E-state index contributed by atoms with van der Waals surface area (Å²) in [7, 11) is 0. The van der Waals surface area contributed by atoms with Gasteiger partial charge in [0.15, 0.2) is 5.65 Å². The van der Waals surface area contributed by atoms with Crippen molar-refractivity contribution < 1.29 is 0 Å². The van der Waals surface area contributed by atoms with E-state index in [1.54, 1.807) is 16.8 Å². The van der Waals surface area contributed by atoms with Crippen LogP contribution >= 0.6 is 15.9 Å². The molecule has 0 spiro atoms. The third-order valence-electron chi connectivity index (χ3n) is 3.79. The molecular formula is C18H14BrN5O. The average molecular weight is 396 g/mol. The number of hydrogen-bond donors (Lipinski definition) is 2. The molecule has 0 aliphatic carbocycles. The lowest BCUT2D eigenvalue weighted by Gasteiger charge is -2.11. The largest absolute Gasteiger partial charge is 0.364 e. The Hall–Kier alpha value is -2.93. The molecule has 0 amide bonds. The van der Waals surface area contributed by atoms with E-state index in [0.717, 1.165) is 32.9 Å². The Morgan fingerprint density at radius 3 is 2.76 bits per heavy atom. The summed E-state index contributed by atoms with van der Waals surface area (Å²) in [5, 5.41) is 7.68. The van der Waals surface area contributed by atoms with Gasteiger partial charge in [-0.1, -0.05) is 36.4 Å². The van der Waals surface area contributed by atoms with Gasteiger partial charge in [-0.05, 0) is 22.0 Å². The number of halogens is 1. The molecule has 4 rings (SSSR count). The molecule has 0 aliphatic rings. The van der Waals surface area contributed by atoms with E-state index in [0.29, 0.717) is 6.54 Å². The lowest BCUT2D eigenvalue weighted by molar-refractivity contribution is 0.915. The van der Waals surface area contributed by atoms with Crippen LogP contribution in [-0.2, 0) is 6.54 Å². The Kier molecular flexibility index (Phi) is 4.07. The number of aromatic amines is 1. The van der Waals surface area contributed by atoms with Crippen LogP contribution in [0, 0.1) is 0 Å². The molecule has 0 fully saturated rings. The van der Waals surface area contributed by atoms with Gasteiger partial charge in [-0.2, -0.15) is 9.61 Å². The highest BCUT2D eigenvalue weighted by Gasteiger charge is 2.11. The van der Waals surface area contributed by atoms with Crippen molar-refractivity contribution >= 4 is 27.4 Å². The van der Waals surface area contributed by atoms with Crippen LogP contribution in [0.1, 0.15) is 5.69 Å². The normalized spacial score (nSPS) is 10.9. The minimum Gasteiger partial charge on any atom is -0.364 e. The molecule has 1 aromatic carbocycles. The third-order valence-corrected chi connectivity index (χ3v) is 4.35. The van der Waals surface area contributed by atoms with Crippen molar-refractivity contribution in [3.05, 3.63) is 81.3 Å². The Labute approximate surface area is 151 Å². The maximum Gasteiger partial charge on any atom is 0.248 e. The molecule has 25 heavy (non-hydrogen) atoms. The van der Waals surface area contributed by atoms with Crippen LogP contribution in [0.25, 0.3) is 16.9 Å². The molecule has 2 N–H and O–H groups in total. The molecule has 0 radical (unpaired) electrons. The number of nitrogens with zero attached hydrogens (tertiary/aromatic N) is 3. The first kappa shape index (κ1) is 15.6. The van der Waals surface area contributed by atoms with Crippen LogP contribution in [0.2, 0.25) is 0 Å². The van der Waals surface area contributed by atoms with Gasteiger partial charge in [0, 0.05) is 23.4 Å².